The minimum Gasteiger partial charge on any atom is -0.497 e. The zero-order valence-electron chi connectivity index (χ0n) is 19.6. The summed E-state index contributed by atoms with van der Waals surface area (Å²) in [5.41, 5.74) is 5.42. The maximum absolute atomic E-state index is 5.51. The summed E-state index contributed by atoms with van der Waals surface area (Å²) < 4.78 is 12.8. The minimum absolute atomic E-state index is 0.746. The van der Waals surface area contributed by atoms with Gasteiger partial charge < -0.3 is 19.7 Å². The first-order valence-electron chi connectivity index (χ1n) is 11.1. The van der Waals surface area contributed by atoms with Crippen molar-refractivity contribution >= 4 is 22.4 Å². The third kappa shape index (κ3) is 5.23. The lowest BCUT2D eigenvalue weighted by atomic mass is 10.2. The highest BCUT2D eigenvalue weighted by Gasteiger charge is 2.14. The lowest BCUT2D eigenvalue weighted by Gasteiger charge is -2.26. The monoisotopic (exact) mass is 446 g/mol. The maximum atomic E-state index is 5.51. The third-order valence-corrected chi connectivity index (χ3v) is 5.42. The number of hydrogen-bond acceptors (Lipinski definition) is 7. The number of aryl methyl sites for hydroxylation is 1. The second-order valence-corrected chi connectivity index (χ2v) is 7.80. The molecule has 2 heterocycles. The van der Waals surface area contributed by atoms with Crippen LogP contribution < -0.4 is 19.7 Å². The topological polar surface area (TPSA) is 77.3 Å². The fourth-order valence-electron chi connectivity index (χ4n) is 3.71. The number of fused-ring (bicyclic) bond motifs is 1. The van der Waals surface area contributed by atoms with Crippen molar-refractivity contribution in [1.82, 2.24) is 25.1 Å². The Morgan fingerprint density at radius 1 is 0.939 bits per heavy atom. The standard InChI is InChI=1S/C25H30N6O2/c1-5-8-26-9-10-31(20-11-21(32-3)14-22(12-20)33-4)19-6-7-23-24(13-19)29-25(16-27-23)18-15-28-30(2)17-18/h6-7,11-17,26H,5,8-10H2,1-4H3. The number of nitrogens with one attached hydrogen (secondary N) is 1. The summed E-state index contributed by atoms with van der Waals surface area (Å²) >= 11 is 0. The molecular weight excluding hydrogens is 416 g/mol. The molecule has 0 amide bonds. The van der Waals surface area contributed by atoms with Gasteiger partial charge in [0.25, 0.3) is 0 Å². The highest BCUT2D eigenvalue weighted by Crippen LogP contribution is 2.34. The molecule has 4 aromatic rings. The zero-order chi connectivity index (χ0) is 23.2. The first kappa shape index (κ1) is 22.5. The Kier molecular flexibility index (Phi) is 7.04. The number of benzene rings is 2. The summed E-state index contributed by atoms with van der Waals surface area (Å²) in [5.74, 6) is 1.49. The predicted octanol–water partition coefficient (Wildman–Crippen LogP) is 4.19. The van der Waals surface area contributed by atoms with Crippen LogP contribution in [0.4, 0.5) is 11.4 Å². The summed E-state index contributed by atoms with van der Waals surface area (Å²) in [6.45, 7) is 4.76. The van der Waals surface area contributed by atoms with E-state index in [0.717, 1.165) is 71.2 Å². The van der Waals surface area contributed by atoms with Crippen molar-refractivity contribution in [1.29, 1.82) is 0 Å². The summed E-state index contributed by atoms with van der Waals surface area (Å²) in [5, 5.41) is 7.74. The molecule has 0 radical (unpaired) electrons. The molecule has 8 nitrogen and oxygen atoms in total. The Labute approximate surface area is 194 Å². The van der Waals surface area contributed by atoms with Crippen molar-refractivity contribution in [2.75, 3.05) is 38.8 Å². The molecular formula is C25H30N6O2. The number of ether oxygens (including phenoxy) is 2. The van der Waals surface area contributed by atoms with Crippen LogP contribution in [-0.2, 0) is 7.05 Å². The summed E-state index contributed by atoms with van der Waals surface area (Å²) in [4.78, 5) is 11.7. The number of nitrogens with zero attached hydrogens (tertiary/aromatic N) is 5. The average molecular weight is 447 g/mol. The molecule has 0 saturated carbocycles. The van der Waals surface area contributed by atoms with Crippen molar-refractivity contribution in [3.63, 3.8) is 0 Å². The van der Waals surface area contributed by atoms with E-state index < -0.39 is 0 Å². The van der Waals surface area contributed by atoms with E-state index in [2.05, 4.69) is 39.4 Å². The van der Waals surface area contributed by atoms with E-state index in [9.17, 15) is 0 Å². The summed E-state index contributed by atoms with van der Waals surface area (Å²) in [6, 6.07) is 12.1. The van der Waals surface area contributed by atoms with Crippen LogP contribution in [-0.4, -0.2) is 53.6 Å². The third-order valence-electron chi connectivity index (χ3n) is 5.42. The van der Waals surface area contributed by atoms with Gasteiger partial charge in [0, 0.05) is 61.5 Å². The molecule has 2 aromatic carbocycles. The molecule has 0 atom stereocenters. The highest BCUT2D eigenvalue weighted by molar-refractivity contribution is 5.82. The van der Waals surface area contributed by atoms with Gasteiger partial charge in [0.1, 0.15) is 11.5 Å². The largest absolute Gasteiger partial charge is 0.497 e. The van der Waals surface area contributed by atoms with Crippen LogP contribution in [0.25, 0.3) is 22.3 Å². The van der Waals surface area contributed by atoms with Crippen molar-refractivity contribution < 1.29 is 9.47 Å². The Balaban J connectivity index is 1.74. The Bertz CT molecular complexity index is 1200. The van der Waals surface area contributed by atoms with Crippen LogP contribution in [0.5, 0.6) is 11.5 Å². The van der Waals surface area contributed by atoms with E-state index in [1.807, 2.05) is 37.5 Å². The minimum atomic E-state index is 0.746. The van der Waals surface area contributed by atoms with Crippen molar-refractivity contribution in [3.8, 4) is 22.8 Å². The SMILES string of the molecule is CCCNCCN(c1cc(OC)cc(OC)c1)c1ccc2ncc(-c3cnn(C)c3)nc2c1. The van der Waals surface area contributed by atoms with Gasteiger partial charge in [-0.05, 0) is 31.2 Å². The van der Waals surface area contributed by atoms with Crippen LogP contribution in [0.1, 0.15) is 13.3 Å². The highest BCUT2D eigenvalue weighted by atomic mass is 16.5. The zero-order valence-corrected chi connectivity index (χ0v) is 19.6. The molecule has 0 aliphatic rings. The molecule has 4 rings (SSSR count). The van der Waals surface area contributed by atoms with Crippen LogP contribution in [0, 0.1) is 0 Å². The van der Waals surface area contributed by atoms with E-state index in [0.29, 0.717) is 0 Å². The number of methoxy groups -OCH3 is 2. The van der Waals surface area contributed by atoms with Gasteiger partial charge in [-0.2, -0.15) is 5.10 Å². The molecule has 0 aliphatic heterocycles. The molecule has 0 unspecified atom stereocenters. The molecule has 172 valence electrons. The van der Waals surface area contributed by atoms with Gasteiger partial charge >= 0.3 is 0 Å². The fourth-order valence-corrected chi connectivity index (χ4v) is 3.71. The van der Waals surface area contributed by atoms with Gasteiger partial charge in [0.15, 0.2) is 0 Å². The van der Waals surface area contributed by atoms with Gasteiger partial charge in [0.2, 0.25) is 0 Å². The van der Waals surface area contributed by atoms with Crippen LogP contribution >= 0.6 is 0 Å². The van der Waals surface area contributed by atoms with Crippen LogP contribution in [0.3, 0.4) is 0 Å². The van der Waals surface area contributed by atoms with E-state index in [4.69, 9.17) is 14.5 Å². The molecule has 0 fully saturated rings. The van der Waals surface area contributed by atoms with Crippen LogP contribution in [0.2, 0.25) is 0 Å². The smallest absolute Gasteiger partial charge is 0.124 e. The van der Waals surface area contributed by atoms with Crippen LogP contribution in [0.15, 0.2) is 55.0 Å². The molecule has 0 aliphatic carbocycles. The lowest BCUT2D eigenvalue weighted by Crippen LogP contribution is -2.29. The van der Waals surface area contributed by atoms with E-state index in [1.165, 1.54) is 0 Å². The number of anilines is 2. The van der Waals surface area contributed by atoms with Gasteiger partial charge in [-0.3, -0.25) is 9.67 Å². The van der Waals surface area contributed by atoms with Crippen molar-refractivity contribution in [3.05, 3.63) is 55.0 Å². The average Bonchev–Trinajstić information content (AvgIpc) is 3.29. The predicted molar refractivity (Wildman–Crippen MR) is 131 cm³/mol. The Hall–Kier alpha value is -3.65. The van der Waals surface area contributed by atoms with Gasteiger partial charge in [-0.25, -0.2) is 4.98 Å². The van der Waals surface area contributed by atoms with Crippen molar-refractivity contribution in [2.45, 2.75) is 13.3 Å². The fraction of sp³-hybridized carbons (Fsp3) is 0.320. The number of aromatic nitrogens is 4. The molecule has 2 aromatic heterocycles. The molecule has 1 N–H and O–H groups in total. The maximum Gasteiger partial charge on any atom is 0.124 e. The summed E-state index contributed by atoms with van der Waals surface area (Å²) in [6.07, 6.45) is 6.62. The molecule has 33 heavy (non-hydrogen) atoms. The first-order valence-corrected chi connectivity index (χ1v) is 11.1. The van der Waals surface area contributed by atoms with Crippen molar-refractivity contribution in [2.24, 2.45) is 7.05 Å². The lowest BCUT2D eigenvalue weighted by molar-refractivity contribution is 0.394. The van der Waals surface area contributed by atoms with Gasteiger partial charge in [-0.15, -0.1) is 0 Å². The van der Waals surface area contributed by atoms with Gasteiger partial charge in [-0.1, -0.05) is 6.92 Å². The van der Waals surface area contributed by atoms with E-state index in [-0.39, 0.29) is 0 Å². The second-order valence-electron chi connectivity index (χ2n) is 7.80. The first-order chi connectivity index (χ1) is 16.1. The Morgan fingerprint density at radius 2 is 1.73 bits per heavy atom. The number of rotatable bonds is 10. The summed E-state index contributed by atoms with van der Waals surface area (Å²) in [7, 11) is 5.22. The Morgan fingerprint density at radius 3 is 2.39 bits per heavy atom. The quantitative estimate of drug-likeness (QED) is 0.366. The number of hydrogen-bond donors (Lipinski definition) is 1. The molecule has 8 heteroatoms. The second kappa shape index (κ2) is 10.3. The van der Waals surface area contributed by atoms with E-state index in [1.54, 1.807) is 31.3 Å². The van der Waals surface area contributed by atoms with E-state index >= 15 is 0 Å². The molecule has 0 spiro atoms. The molecule has 0 bridgehead atoms. The normalized spacial score (nSPS) is 11.0. The molecule has 0 saturated heterocycles. The van der Waals surface area contributed by atoms with Gasteiger partial charge in [0.05, 0.1) is 43.3 Å².